The van der Waals surface area contributed by atoms with E-state index >= 15 is 0 Å². The van der Waals surface area contributed by atoms with Crippen LogP contribution in [0.3, 0.4) is 0 Å². The van der Waals surface area contributed by atoms with Gasteiger partial charge in [0.05, 0.1) is 13.3 Å². The molecule has 0 unspecified atom stereocenters. The average molecular weight is 295 g/mol. The normalized spacial score (nSPS) is 11.4. The van der Waals surface area contributed by atoms with Crippen LogP contribution in [-0.4, -0.2) is 25.3 Å². The van der Waals surface area contributed by atoms with Crippen molar-refractivity contribution < 1.29 is 13.2 Å². The lowest BCUT2D eigenvalue weighted by Gasteiger charge is -2.13. The highest BCUT2D eigenvalue weighted by atomic mass is 32.2. The minimum absolute atomic E-state index is 0.115. The molecule has 6 nitrogen and oxygen atoms in total. The van der Waals surface area contributed by atoms with Crippen molar-refractivity contribution in [1.82, 2.24) is 9.78 Å². The Bertz CT molecular complexity index is 735. The van der Waals surface area contributed by atoms with Gasteiger partial charge in [0.2, 0.25) is 0 Å². The monoisotopic (exact) mass is 295 g/mol. The van der Waals surface area contributed by atoms with Gasteiger partial charge in [0.25, 0.3) is 10.0 Å². The van der Waals surface area contributed by atoms with Gasteiger partial charge in [-0.25, -0.2) is 8.42 Å². The molecule has 2 rings (SSSR count). The lowest BCUT2D eigenvalue weighted by atomic mass is 10.1. The molecule has 0 radical (unpaired) electrons. The maximum Gasteiger partial charge on any atom is 0.266 e. The molecule has 0 amide bonds. The quantitative estimate of drug-likeness (QED) is 0.934. The smallest absolute Gasteiger partial charge is 0.266 e. The summed E-state index contributed by atoms with van der Waals surface area (Å²) in [4.78, 5) is 0.115. The van der Waals surface area contributed by atoms with E-state index in [1.807, 2.05) is 13.8 Å². The Morgan fingerprint density at radius 2 is 1.90 bits per heavy atom. The van der Waals surface area contributed by atoms with E-state index in [1.165, 1.54) is 18.0 Å². The summed E-state index contributed by atoms with van der Waals surface area (Å²) >= 11 is 0. The molecule has 0 aliphatic carbocycles. The van der Waals surface area contributed by atoms with Crippen LogP contribution in [-0.2, 0) is 17.1 Å². The average Bonchev–Trinajstić information content (AvgIpc) is 2.77. The fourth-order valence-electron chi connectivity index (χ4n) is 1.80. The van der Waals surface area contributed by atoms with E-state index in [0.717, 1.165) is 11.1 Å². The number of hydrogen-bond acceptors (Lipinski definition) is 4. The summed E-state index contributed by atoms with van der Waals surface area (Å²) in [6.45, 7) is 3.76. The highest BCUT2D eigenvalue weighted by Gasteiger charge is 2.21. The van der Waals surface area contributed by atoms with Gasteiger partial charge < -0.3 is 4.74 Å². The number of rotatable bonds is 4. The van der Waals surface area contributed by atoms with Gasteiger partial charge in [-0.3, -0.25) is 9.40 Å². The number of aryl methyl sites for hydroxylation is 3. The second-order valence-corrected chi connectivity index (χ2v) is 6.18. The summed E-state index contributed by atoms with van der Waals surface area (Å²) < 4.78 is 34.0. The lowest BCUT2D eigenvalue weighted by molar-refractivity contribution is 0.402. The van der Waals surface area contributed by atoms with Crippen molar-refractivity contribution in [2.45, 2.75) is 18.7 Å². The first-order valence-electron chi connectivity index (χ1n) is 6.01. The zero-order valence-electron chi connectivity index (χ0n) is 11.8. The van der Waals surface area contributed by atoms with Crippen molar-refractivity contribution in [2.75, 3.05) is 11.8 Å². The Kier molecular flexibility index (Phi) is 3.71. The number of nitrogens with one attached hydrogen (secondary N) is 1. The Hall–Kier alpha value is -2.02. The molecule has 0 aliphatic heterocycles. The Labute approximate surface area is 118 Å². The molecule has 0 saturated heterocycles. The number of sulfonamides is 1. The van der Waals surface area contributed by atoms with Crippen LogP contribution < -0.4 is 9.46 Å². The van der Waals surface area contributed by atoms with Crippen LogP contribution in [0.25, 0.3) is 0 Å². The number of anilines is 1. The predicted octanol–water partition coefficient (Wildman–Crippen LogP) is 1.85. The van der Waals surface area contributed by atoms with Gasteiger partial charge in [-0.15, -0.1) is 0 Å². The van der Waals surface area contributed by atoms with E-state index in [2.05, 4.69) is 9.82 Å². The van der Waals surface area contributed by atoms with Crippen molar-refractivity contribution in [3.8, 4) is 5.75 Å². The van der Waals surface area contributed by atoms with E-state index in [1.54, 1.807) is 25.2 Å². The third-order valence-corrected chi connectivity index (χ3v) is 4.51. The van der Waals surface area contributed by atoms with Gasteiger partial charge in [-0.2, -0.15) is 5.10 Å². The van der Waals surface area contributed by atoms with Crippen LogP contribution in [0.4, 0.5) is 5.82 Å². The van der Waals surface area contributed by atoms with Gasteiger partial charge >= 0.3 is 0 Å². The topological polar surface area (TPSA) is 73.2 Å². The summed E-state index contributed by atoms with van der Waals surface area (Å²) in [5.74, 6) is 0.716. The summed E-state index contributed by atoms with van der Waals surface area (Å²) in [5, 5.41) is 3.93. The molecule has 0 spiro atoms. The minimum atomic E-state index is -3.72. The van der Waals surface area contributed by atoms with Crippen molar-refractivity contribution in [3.05, 3.63) is 35.5 Å². The molecular formula is C13H17N3O3S. The molecule has 0 aliphatic rings. The molecule has 1 N–H and O–H groups in total. The first kappa shape index (κ1) is 14.4. The highest BCUT2D eigenvalue weighted by molar-refractivity contribution is 7.92. The number of nitrogens with zero attached hydrogens (tertiary/aromatic N) is 2. The molecule has 1 aromatic heterocycles. The number of ether oxygens (including phenoxy) is 1. The summed E-state index contributed by atoms with van der Waals surface area (Å²) in [6, 6.07) is 4.91. The van der Waals surface area contributed by atoms with Crippen molar-refractivity contribution >= 4 is 15.8 Å². The van der Waals surface area contributed by atoms with E-state index in [-0.39, 0.29) is 4.90 Å². The van der Waals surface area contributed by atoms with E-state index in [4.69, 9.17) is 4.74 Å². The largest absolute Gasteiger partial charge is 0.495 e. The first-order valence-corrected chi connectivity index (χ1v) is 7.49. The Morgan fingerprint density at radius 3 is 2.45 bits per heavy atom. The molecule has 0 bridgehead atoms. The van der Waals surface area contributed by atoms with E-state index < -0.39 is 10.0 Å². The van der Waals surface area contributed by atoms with Crippen LogP contribution in [0, 0.1) is 13.8 Å². The van der Waals surface area contributed by atoms with E-state index in [9.17, 15) is 8.42 Å². The molecule has 1 aromatic carbocycles. The number of hydrogen-bond donors (Lipinski definition) is 1. The molecule has 0 fully saturated rings. The van der Waals surface area contributed by atoms with Crippen LogP contribution in [0.1, 0.15) is 11.1 Å². The van der Waals surface area contributed by atoms with Crippen LogP contribution in [0.2, 0.25) is 0 Å². The maximum absolute atomic E-state index is 12.5. The molecule has 108 valence electrons. The number of methoxy groups -OCH3 is 1. The summed E-state index contributed by atoms with van der Waals surface area (Å²) in [5.41, 5.74) is 1.86. The minimum Gasteiger partial charge on any atom is -0.495 e. The SMILES string of the molecule is COc1cc(C)c(C)cc1S(=O)(=O)Nc1ccnn1C. The van der Waals surface area contributed by atoms with Gasteiger partial charge in [0.1, 0.15) is 16.5 Å². The van der Waals surface area contributed by atoms with Crippen molar-refractivity contribution in [1.29, 1.82) is 0 Å². The molecule has 0 atom stereocenters. The van der Waals surface area contributed by atoms with Crippen molar-refractivity contribution in [3.63, 3.8) is 0 Å². The lowest BCUT2D eigenvalue weighted by Crippen LogP contribution is -2.16. The molecule has 7 heteroatoms. The Balaban J connectivity index is 2.49. The second kappa shape index (κ2) is 5.16. The van der Waals surface area contributed by atoms with Gasteiger partial charge in [0, 0.05) is 13.1 Å². The zero-order valence-corrected chi connectivity index (χ0v) is 12.7. The van der Waals surface area contributed by atoms with Crippen LogP contribution in [0.5, 0.6) is 5.75 Å². The third-order valence-electron chi connectivity index (χ3n) is 3.13. The summed E-state index contributed by atoms with van der Waals surface area (Å²) in [6.07, 6.45) is 1.52. The standard InChI is InChI=1S/C13H17N3O3S/c1-9-7-11(19-4)12(8-10(9)2)20(17,18)15-13-5-6-14-16(13)3/h5-8,15H,1-4H3. The molecular weight excluding hydrogens is 278 g/mol. The molecule has 0 saturated carbocycles. The molecule has 20 heavy (non-hydrogen) atoms. The fourth-order valence-corrected chi connectivity index (χ4v) is 3.12. The van der Waals surface area contributed by atoms with E-state index in [0.29, 0.717) is 11.6 Å². The number of benzene rings is 1. The Morgan fingerprint density at radius 1 is 1.25 bits per heavy atom. The van der Waals surface area contributed by atoms with Gasteiger partial charge in [-0.05, 0) is 37.1 Å². The molecule has 2 aromatic rings. The fraction of sp³-hybridized carbons (Fsp3) is 0.308. The molecule has 1 heterocycles. The number of aromatic nitrogens is 2. The highest BCUT2D eigenvalue weighted by Crippen LogP contribution is 2.28. The van der Waals surface area contributed by atoms with Crippen LogP contribution in [0.15, 0.2) is 29.3 Å². The van der Waals surface area contributed by atoms with Gasteiger partial charge in [0.15, 0.2) is 0 Å². The predicted molar refractivity (Wildman–Crippen MR) is 76.5 cm³/mol. The third kappa shape index (κ3) is 2.62. The summed E-state index contributed by atoms with van der Waals surface area (Å²) in [7, 11) is -0.610. The zero-order chi connectivity index (χ0) is 14.9. The van der Waals surface area contributed by atoms with Crippen LogP contribution >= 0.6 is 0 Å². The first-order chi connectivity index (χ1) is 9.35. The van der Waals surface area contributed by atoms with Gasteiger partial charge in [-0.1, -0.05) is 0 Å². The second-order valence-electron chi connectivity index (χ2n) is 4.53. The van der Waals surface area contributed by atoms with Crippen molar-refractivity contribution in [2.24, 2.45) is 7.05 Å². The maximum atomic E-state index is 12.5.